The van der Waals surface area contributed by atoms with Crippen LogP contribution in [0.25, 0.3) is 0 Å². The lowest BCUT2D eigenvalue weighted by atomic mass is 10.1. The van der Waals surface area contributed by atoms with E-state index in [0.29, 0.717) is 5.69 Å². The molecule has 0 aliphatic heterocycles. The molecule has 0 fully saturated rings. The number of sulfonamides is 1. The molecule has 10 heteroatoms. The first kappa shape index (κ1) is 28.9. The molecule has 3 rings (SSSR count). The summed E-state index contributed by atoms with van der Waals surface area (Å²) < 4.78 is 30.1. The Morgan fingerprint density at radius 1 is 0.865 bits per heavy atom. The maximum Gasteiger partial charge on any atom is 0.264 e. The van der Waals surface area contributed by atoms with Gasteiger partial charge in [-0.05, 0) is 74.9 Å². The molecule has 0 spiro atoms. The van der Waals surface area contributed by atoms with Crippen LogP contribution in [0.3, 0.4) is 0 Å². The van der Waals surface area contributed by atoms with Crippen LogP contribution in [0, 0.1) is 0 Å². The van der Waals surface area contributed by atoms with Crippen molar-refractivity contribution in [2.75, 3.05) is 10.8 Å². The molecule has 0 unspecified atom stereocenters. The van der Waals surface area contributed by atoms with Gasteiger partial charge in [0.25, 0.3) is 10.0 Å². The lowest BCUT2D eigenvalue weighted by Crippen LogP contribution is -2.52. The fraction of sp³-hybridized carbons (Fsp3) is 0.259. The minimum atomic E-state index is -4.08. The van der Waals surface area contributed by atoms with Gasteiger partial charge in [-0.3, -0.25) is 13.9 Å². The summed E-state index contributed by atoms with van der Waals surface area (Å²) in [5.41, 5.74) is 1.13. The van der Waals surface area contributed by atoms with E-state index in [1.54, 1.807) is 49.4 Å². The molecular formula is C27H29Br2N3O4S. The van der Waals surface area contributed by atoms with Crippen LogP contribution in [0.15, 0.2) is 92.7 Å². The Hall–Kier alpha value is -2.69. The topological polar surface area (TPSA) is 86.8 Å². The second-order valence-corrected chi connectivity index (χ2v) is 12.5. The first-order valence-corrected chi connectivity index (χ1v) is 14.7. The molecule has 0 aliphatic rings. The van der Waals surface area contributed by atoms with Gasteiger partial charge in [0, 0.05) is 21.5 Å². The molecule has 0 heterocycles. The highest BCUT2D eigenvalue weighted by Crippen LogP contribution is 2.26. The first-order chi connectivity index (χ1) is 17.5. The smallest absolute Gasteiger partial charge is 0.264 e. The highest BCUT2D eigenvalue weighted by molar-refractivity contribution is 9.10. The molecule has 0 aliphatic carbocycles. The number of nitrogens with one attached hydrogen (secondary N) is 1. The van der Waals surface area contributed by atoms with Gasteiger partial charge < -0.3 is 10.2 Å². The van der Waals surface area contributed by atoms with Crippen LogP contribution in [0.5, 0.6) is 0 Å². The number of benzene rings is 3. The van der Waals surface area contributed by atoms with Gasteiger partial charge in [0.15, 0.2) is 0 Å². The summed E-state index contributed by atoms with van der Waals surface area (Å²) in [6, 6.07) is 21.1. The van der Waals surface area contributed by atoms with E-state index in [1.165, 1.54) is 17.0 Å². The number of carbonyl (C=O) groups excluding carboxylic acids is 2. The molecule has 1 atom stereocenters. The fourth-order valence-electron chi connectivity index (χ4n) is 3.68. The summed E-state index contributed by atoms with van der Waals surface area (Å²) >= 11 is 6.81. The average Bonchev–Trinajstić information content (AvgIpc) is 2.86. The largest absolute Gasteiger partial charge is 0.352 e. The monoisotopic (exact) mass is 649 g/mol. The number of amides is 2. The van der Waals surface area contributed by atoms with Crippen LogP contribution in [0.4, 0.5) is 5.69 Å². The number of nitrogens with zero attached hydrogens (tertiary/aromatic N) is 2. The molecule has 37 heavy (non-hydrogen) atoms. The molecule has 0 saturated carbocycles. The molecular weight excluding hydrogens is 622 g/mol. The Balaban J connectivity index is 2.01. The van der Waals surface area contributed by atoms with Gasteiger partial charge in [-0.2, -0.15) is 0 Å². The highest BCUT2D eigenvalue weighted by atomic mass is 79.9. The van der Waals surface area contributed by atoms with Gasteiger partial charge in [0.2, 0.25) is 11.8 Å². The summed E-state index contributed by atoms with van der Waals surface area (Å²) in [5.74, 6) is -0.826. The summed E-state index contributed by atoms with van der Waals surface area (Å²) in [6.45, 7) is 4.97. The van der Waals surface area contributed by atoms with E-state index in [2.05, 4.69) is 37.2 Å². The third-order valence-electron chi connectivity index (χ3n) is 5.56. The van der Waals surface area contributed by atoms with Crippen LogP contribution in [-0.2, 0) is 26.2 Å². The van der Waals surface area contributed by atoms with Crippen LogP contribution < -0.4 is 9.62 Å². The summed E-state index contributed by atoms with van der Waals surface area (Å²) in [7, 11) is -4.08. The molecule has 0 aromatic heterocycles. The molecule has 196 valence electrons. The molecule has 1 N–H and O–H groups in total. The van der Waals surface area contributed by atoms with Gasteiger partial charge in [0.05, 0.1) is 10.6 Å². The predicted octanol–water partition coefficient (Wildman–Crippen LogP) is 5.35. The summed E-state index contributed by atoms with van der Waals surface area (Å²) in [6.07, 6.45) is 0. The van der Waals surface area contributed by atoms with Crippen molar-refractivity contribution in [3.8, 4) is 0 Å². The zero-order valence-electron chi connectivity index (χ0n) is 20.8. The van der Waals surface area contributed by atoms with Crippen molar-refractivity contribution in [2.45, 2.75) is 44.3 Å². The zero-order valence-corrected chi connectivity index (χ0v) is 24.8. The van der Waals surface area contributed by atoms with Crippen molar-refractivity contribution >= 4 is 59.4 Å². The molecule has 7 nitrogen and oxygen atoms in total. The summed E-state index contributed by atoms with van der Waals surface area (Å²) in [5, 5.41) is 2.84. The minimum Gasteiger partial charge on any atom is -0.352 e. The van der Waals surface area contributed by atoms with E-state index < -0.39 is 28.5 Å². The van der Waals surface area contributed by atoms with E-state index >= 15 is 0 Å². The Morgan fingerprint density at radius 2 is 1.51 bits per heavy atom. The SMILES string of the molecule is CC(C)NC(=O)[C@H](C)N(Cc1cccc(Br)c1)C(=O)CN(c1ccc(Br)cc1)S(=O)(=O)c1ccccc1. The minimum absolute atomic E-state index is 0.0647. The quantitative estimate of drug-likeness (QED) is 0.321. The third-order valence-corrected chi connectivity index (χ3v) is 8.37. The van der Waals surface area contributed by atoms with Gasteiger partial charge in [-0.15, -0.1) is 0 Å². The summed E-state index contributed by atoms with van der Waals surface area (Å²) in [4.78, 5) is 28.2. The van der Waals surface area contributed by atoms with Crippen LogP contribution >= 0.6 is 31.9 Å². The van der Waals surface area contributed by atoms with Crippen LogP contribution in [0.1, 0.15) is 26.3 Å². The van der Waals surface area contributed by atoms with Crippen molar-refractivity contribution in [1.82, 2.24) is 10.2 Å². The third kappa shape index (κ3) is 7.66. The second-order valence-electron chi connectivity index (χ2n) is 8.79. The predicted molar refractivity (Wildman–Crippen MR) is 153 cm³/mol. The van der Waals surface area contributed by atoms with E-state index in [-0.39, 0.29) is 23.4 Å². The van der Waals surface area contributed by atoms with E-state index in [0.717, 1.165) is 18.8 Å². The average molecular weight is 651 g/mol. The van der Waals surface area contributed by atoms with E-state index in [1.807, 2.05) is 38.1 Å². The lowest BCUT2D eigenvalue weighted by Gasteiger charge is -2.32. The number of halogens is 2. The zero-order chi connectivity index (χ0) is 27.2. The van der Waals surface area contributed by atoms with Crippen molar-refractivity contribution in [2.24, 2.45) is 0 Å². The van der Waals surface area contributed by atoms with Gasteiger partial charge >= 0.3 is 0 Å². The molecule has 0 bridgehead atoms. The Labute approximate surface area is 235 Å². The van der Waals surface area contributed by atoms with E-state index in [9.17, 15) is 18.0 Å². The van der Waals surface area contributed by atoms with Crippen molar-refractivity contribution in [3.05, 3.63) is 93.4 Å². The Morgan fingerprint density at radius 3 is 2.11 bits per heavy atom. The van der Waals surface area contributed by atoms with Crippen molar-refractivity contribution < 1.29 is 18.0 Å². The van der Waals surface area contributed by atoms with Crippen molar-refractivity contribution in [1.29, 1.82) is 0 Å². The second kappa shape index (κ2) is 12.7. The van der Waals surface area contributed by atoms with Crippen molar-refractivity contribution in [3.63, 3.8) is 0 Å². The lowest BCUT2D eigenvalue weighted by molar-refractivity contribution is -0.139. The normalized spacial score (nSPS) is 12.2. The number of hydrogen-bond donors (Lipinski definition) is 1. The van der Waals surface area contributed by atoms with Crippen LogP contribution in [-0.4, -0.2) is 43.8 Å². The molecule has 3 aromatic rings. The van der Waals surface area contributed by atoms with E-state index in [4.69, 9.17) is 0 Å². The Kier molecular flexibility index (Phi) is 9.92. The molecule has 0 saturated heterocycles. The number of carbonyl (C=O) groups is 2. The number of anilines is 1. The first-order valence-electron chi connectivity index (χ1n) is 11.7. The highest BCUT2D eigenvalue weighted by Gasteiger charge is 2.32. The maximum absolute atomic E-state index is 13.8. The fourth-order valence-corrected chi connectivity index (χ4v) is 5.82. The molecule has 0 radical (unpaired) electrons. The molecule has 2 amide bonds. The number of rotatable bonds is 10. The van der Waals surface area contributed by atoms with Gasteiger partial charge in [0.1, 0.15) is 12.6 Å². The maximum atomic E-state index is 13.8. The van der Waals surface area contributed by atoms with Gasteiger partial charge in [-0.25, -0.2) is 8.42 Å². The van der Waals surface area contributed by atoms with Gasteiger partial charge in [-0.1, -0.05) is 62.2 Å². The number of hydrogen-bond acceptors (Lipinski definition) is 4. The standard InChI is InChI=1S/C27H29Br2N3O4S/c1-19(2)30-27(34)20(3)31(17-21-8-7-9-23(29)16-21)26(33)18-32(24-14-12-22(28)13-15-24)37(35,36)25-10-5-4-6-11-25/h4-16,19-20H,17-18H2,1-3H3,(H,30,34)/t20-/m0/s1. The van der Waals surface area contributed by atoms with Crippen LogP contribution in [0.2, 0.25) is 0 Å². The molecule has 3 aromatic carbocycles. The Bertz CT molecular complexity index is 1330.